The van der Waals surface area contributed by atoms with Gasteiger partial charge in [-0.05, 0) is 66.8 Å². The highest BCUT2D eigenvalue weighted by Crippen LogP contribution is 2.62. The topological polar surface area (TPSA) is 143 Å². The van der Waals surface area contributed by atoms with Crippen LogP contribution in [0.4, 0.5) is 5.13 Å². The number of thiazole rings is 1. The molecule has 1 fully saturated rings. The quantitative estimate of drug-likeness (QED) is 0.235. The Balaban J connectivity index is 1.38. The highest BCUT2D eigenvalue weighted by Gasteiger charge is 2.59. The highest BCUT2D eigenvalue weighted by molar-refractivity contribution is 7.15. The molecule has 1 saturated carbocycles. The molecule has 10 nitrogen and oxygen atoms in total. The number of aliphatic hydroxyl groups excluding tert-OH is 2. The molecular formula is C32H39ClN4O6S. The number of aliphatic hydroxyl groups is 2. The molecule has 2 amide bonds. The number of ether oxygens (including phenoxy) is 2. The van der Waals surface area contributed by atoms with E-state index in [-0.39, 0.29) is 41.8 Å². The number of amides is 2. The van der Waals surface area contributed by atoms with Crippen molar-refractivity contribution in [1.29, 1.82) is 0 Å². The number of hydrogen-bond donors (Lipinski definition) is 4. The van der Waals surface area contributed by atoms with Gasteiger partial charge in [0.1, 0.15) is 5.15 Å². The fourth-order valence-electron chi connectivity index (χ4n) is 7.05. The Labute approximate surface area is 266 Å². The molecular weight excluding hydrogens is 604 g/mol. The number of halogens is 1. The van der Waals surface area contributed by atoms with Crippen LogP contribution in [-0.4, -0.2) is 65.5 Å². The van der Waals surface area contributed by atoms with Crippen molar-refractivity contribution in [1.82, 2.24) is 15.3 Å². The van der Waals surface area contributed by atoms with Crippen LogP contribution in [0, 0.1) is 16.7 Å². The number of aromatic nitrogens is 2. The summed E-state index contributed by atoms with van der Waals surface area (Å²) >= 11 is 7.36. The summed E-state index contributed by atoms with van der Waals surface area (Å²) in [6, 6.07) is 8.76. The Kier molecular flexibility index (Phi) is 9.50. The lowest BCUT2D eigenvalue weighted by Crippen LogP contribution is -2.57. The smallest absolute Gasteiger partial charge is 0.257 e. The normalized spacial score (nSPS) is 25.8. The van der Waals surface area contributed by atoms with E-state index in [2.05, 4.69) is 22.5 Å². The molecule has 2 aromatic heterocycles. The lowest BCUT2D eigenvalue weighted by atomic mass is 9.47. The number of anilines is 1. The van der Waals surface area contributed by atoms with Crippen molar-refractivity contribution in [2.45, 2.75) is 58.0 Å². The van der Waals surface area contributed by atoms with Crippen molar-refractivity contribution in [3.63, 3.8) is 0 Å². The van der Waals surface area contributed by atoms with Crippen molar-refractivity contribution < 1.29 is 29.3 Å². The van der Waals surface area contributed by atoms with Gasteiger partial charge in [-0.15, -0.1) is 11.3 Å². The first kappa shape index (κ1) is 32.2. The lowest BCUT2D eigenvalue weighted by Gasteiger charge is -2.58. The highest BCUT2D eigenvalue weighted by atomic mass is 35.5. The maximum atomic E-state index is 13.5. The van der Waals surface area contributed by atoms with Crippen molar-refractivity contribution in [2.75, 3.05) is 32.7 Å². The van der Waals surface area contributed by atoms with Crippen molar-refractivity contribution >= 4 is 39.9 Å². The fraction of sp³-hybridized carbons (Fsp3) is 0.500. The summed E-state index contributed by atoms with van der Waals surface area (Å²) in [5, 5.41) is 28.1. The summed E-state index contributed by atoms with van der Waals surface area (Å²) in [5.74, 6) is 0.452. The number of fused-ring (bicyclic) bond motifs is 2. The first-order valence-electron chi connectivity index (χ1n) is 14.7. The molecule has 12 heteroatoms. The first-order valence-corrected chi connectivity index (χ1v) is 15.9. The molecule has 236 valence electrons. The summed E-state index contributed by atoms with van der Waals surface area (Å²) < 4.78 is 10.7. The second-order valence-electron chi connectivity index (χ2n) is 12.2. The van der Waals surface area contributed by atoms with Gasteiger partial charge in [-0.1, -0.05) is 31.5 Å². The number of hydrogen-bond acceptors (Lipinski definition) is 9. The van der Waals surface area contributed by atoms with Crippen molar-refractivity contribution in [2.24, 2.45) is 16.7 Å². The van der Waals surface area contributed by atoms with Gasteiger partial charge >= 0.3 is 0 Å². The summed E-state index contributed by atoms with van der Waals surface area (Å²) in [7, 11) is 3.18. The summed E-state index contributed by atoms with van der Waals surface area (Å²) in [5.41, 5.74) is 1.01. The van der Waals surface area contributed by atoms with Crippen LogP contribution in [0.2, 0.25) is 5.15 Å². The van der Waals surface area contributed by atoms with E-state index in [1.165, 1.54) is 23.6 Å². The molecule has 0 radical (unpaired) electrons. The number of rotatable bonds is 10. The molecule has 0 saturated heterocycles. The molecule has 5 unspecified atom stereocenters. The first-order chi connectivity index (χ1) is 21.0. The van der Waals surface area contributed by atoms with Gasteiger partial charge in [-0.3, -0.25) is 14.9 Å². The number of nitrogens with zero attached hydrogens (tertiary/aromatic N) is 2. The minimum Gasteiger partial charge on any atom is -0.493 e. The standard InChI is InChI=1S/C32H39ClN4O6S/c1-31-10-7-25(39)32(2,17-38)24(31)16-23-28(36-30(44-23)37-29(41)19-9-12-34-26(33)14-19)20(31)15-27(40)35-11-8-18-5-6-21(42-3)22(13-18)43-4/h5-6,9,12-14,20,24-25,38-39H,7-8,10-11,15-17H2,1-4H3,(H,35,40)(H,36,37,41). The Hall–Kier alpha value is -3.25. The third-order valence-electron chi connectivity index (χ3n) is 9.68. The number of methoxy groups -OCH3 is 2. The predicted molar refractivity (Wildman–Crippen MR) is 169 cm³/mol. The minimum absolute atomic E-state index is 0.0937. The van der Waals surface area contributed by atoms with Crippen LogP contribution < -0.4 is 20.1 Å². The molecule has 44 heavy (non-hydrogen) atoms. The monoisotopic (exact) mass is 642 g/mol. The van der Waals surface area contributed by atoms with Crippen LogP contribution in [0.5, 0.6) is 11.5 Å². The lowest BCUT2D eigenvalue weighted by molar-refractivity contribution is -0.144. The molecule has 1 aromatic carbocycles. The summed E-state index contributed by atoms with van der Waals surface area (Å²) in [6.45, 7) is 4.35. The zero-order valence-electron chi connectivity index (χ0n) is 25.4. The number of carbonyl (C=O) groups is 2. The van der Waals surface area contributed by atoms with Crippen molar-refractivity contribution in [3.05, 3.63) is 63.4 Å². The maximum absolute atomic E-state index is 13.5. The fourth-order valence-corrected chi connectivity index (χ4v) is 8.29. The second-order valence-corrected chi connectivity index (χ2v) is 13.6. The number of pyridine rings is 1. The molecule has 0 bridgehead atoms. The maximum Gasteiger partial charge on any atom is 0.257 e. The summed E-state index contributed by atoms with van der Waals surface area (Å²) in [4.78, 5) is 36.2. The van der Waals surface area contributed by atoms with Gasteiger partial charge in [0, 0.05) is 40.9 Å². The number of benzene rings is 1. The molecule has 5 atom stereocenters. The molecule has 0 aliphatic heterocycles. The Morgan fingerprint density at radius 3 is 2.64 bits per heavy atom. The van der Waals surface area contributed by atoms with Gasteiger partial charge in [0.2, 0.25) is 5.91 Å². The van der Waals surface area contributed by atoms with E-state index < -0.39 is 16.9 Å². The van der Waals surface area contributed by atoms with E-state index in [4.69, 9.17) is 26.1 Å². The van der Waals surface area contributed by atoms with E-state index in [0.717, 1.165) is 16.1 Å². The molecule has 2 heterocycles. The van der Waals surface area contributed by atoms with Crippen LogP contribution in [-0.2, 0) is 17.6 Å². The zero-order valence-corrected chi connectivity index (χ0v) is 26.9. The van der Waals surface area contributed by atoms with Gasteiger partial charge < -0.3 is 25.0 Å². The van der Waals surface area contributed by atoms with E-state index in [0.29, 0.717) is 54.4 Å². The van der Waals surface area contributed by atoms with Crippen molar-refractivity contribution in [3.8, 4) is 11.5 Å². The molecule has 2 aliphatic rings. The largest absolute Gasteiger partial charge is 0.493 e. The molecule has 0 spiro atoms. The van der Waals surface area contributed by atoms with Crippen LogP contribution in [0.25, 0.3) is 0 Å². The van der Waals surface area contributed by atoms with Gasteiger partial charge in [-0.25, -0.2) is 9.97 Å². The Morgan fingerprint density at radius 1 is 1.16 bits per heavy atom. The Bertz CT molecular complexity index is 1530. The van der Waals surface area contributed by atoms with E-state index in [1.54, 1.807) is 20.3 Å². The third kappa shape index (κ3) is 6.15. The summed E-state index contributed by atoms with van der Waals surface area (Å²) in [6.07, 6.45) is 3.41. The van der Waals surface area contributed by atoms with E-state index in [1.807, 2.05) is 25.1 Å². The van der Waals surface area contributed by atoms with Crippen LogP contribution in [0.3, 0.4) is 0 Å². The predicted octanol–water partition coefficient (Wildman–Crippen LogP) is 4.63. The Morgan fingerprint density at radius 2 is 1.93 bits per heavy atom. The number of nitrogens with one attached hydrogen (secondary N) is 2. The molecule has 4 N–H and O–H groups in total. The van der Waals surface area contributed by atoms with Crippen LogP contribution >= 0.6 is 22.9 Å². The molecule has 2 aliphatic carbocycles. The average Bonchev–Trinajstić information content (AvgIpc) is 3.42. The molecule has 3 aromatic rings. The van der Waals surface area contributed by atoms with Gasteiger partial charge in [0.25, 0.3) is 5.91 Å². The minimum atomic E-state index is -0.742. The second kappa shape index (κ2) is 13.0. The van der Waals surface area contributed by atoms with Gasteiger partial charge in [-0.2, -0.15) is 0 Å². The van der Waals surface area contributed by atoms with Gasteiger partial charge in [0.15, 0.2) is 16.6 Å². The third-order valence-corrected chi connectivity index (χ3v) is 10.9. The van der Waals surface area contributed by atoms with Gasteiger partial charge in [0.05, 0.1) is 32.6 Å². The zero-order chi connectivity index (χ0) is 31.6. The van der Waals surface area contributed by atoms with E-state index in [9.17, 15) is 19.8 Å². The SMILES string of the molecule is COc1ccc(CCNC(=O)CC2c3nc(NC(=O)c4ccnc(Cl)c4)sc3CC3C(C)(CO)C(O)CCC23C)cc1OC. The van der Waals surface area contributed by atoms with Crippen LogP contribution in [0.1, 0.15) is 65.5 Å². The van der Waals surface area contributed by atoms with E-state index >= 15 is 0 Å². The average molecular weight is 643 g/mol. The molecule has 5 rings (SSSR count). The van der Waals surface area contributed by atoms with Crippen LogP contribution in [0.15, 0.2) is 36.5 Å². The number of carbonyl (C=O) groups excluding carboxylic acids is 2.